The Morgan fingerprint density at radius 1 is 1.30 bits per heavy atom. The van der Waals surface area contributed by atoms with Gasteiger partial charge >= 0.3 is 0 Å². The summed E-state index contributed by atoms with van der Waals surface area (Å²) in [6, 6.07) is 3.96. The highest BCUT2D eigenvalue weighted by Gasteiger charge is 2.35. The van der Waals surface area contributed by atoms with Crippen LogP contribution in [0, 0.1) is 0 Å². The van der Waals surface area contributed by atoms with Gasteiger partial charge in [-0.1, -0.05) is 37.4 Å². The van der Waals surface area contributed by atoms with E-state index in [-0.39, 0.29) is 0 Å². The van der Waals surface area contributed by atoms with E-state index >= 15 is 0 Å². The second-order valence-corrected chi connectivity index (χ2v) is 5.50. The van der Waals surface area contributed by atoms with Crippen molar-refractivity contribution in [3.63, 3.8) is 0 Å². The topological polar surface area (TPSA) is 77.8 Å². The van der Waals surface area contributed by atoms with Gasteiger partial charge in [0, 0.05) is 6.20 Å². The van der Waals surface area contributed by atoms with Crippen molar-refractivity contribution in [1.29, 1.82) is 0 Å². The first-order chi connectivity index (χ1) is 9.73. The Morgan fingerprint density at radius 3 is 2.85 bits per heavy atom. The molecule has 5 nitrogen and oxygen atoms in total. The summed E-state index contributed by atoms with van der Waals surface area (Å²) in [5, 5.41) is 4.09. The lowest BCUT2D eigenvalue weighted by atomic mass is 9.82. The zero-order valence-electron chi connectivity index (χ0n) is 11.8. The molecule has 0 aromatic carbocycles. The van der Waals surface area contributed by atoms with Crippen molar-refractivity contribution < 1.29 is 4.52 Å². The van der Waals surface area contributed by atoms with Gasteiger partial charge in [0.1, 0.15) is 5.69 Å². The van der Waals surface area contributed by atoms with Crippen LogP contribution < -0.4 is 5.73 Å². The van der Waals surface area contributed by atoms with Gasteiger partial charge in [-0.15, -0.1) is 0 Å². The highest BCUT2D eigenvalue weighted by Crippen LogP contribution is 2.34. The van der Waals surface area contributed by atoms with Gasteiger partial charge in [-0.2, -0.15) is 4.98 Å². The highest BCUT2D eigenvalue weighted by atomic mass is 16.5. The maximum Gasteiger partial charge on any atom is 0.247 e. The highest BCUT2D eigenvalue weighted by molar-refractivity contribution is 5.53. The van der Waals surface area contributed by atoms with E-state index in [2.05, 4.69) is 22.0 Å². The fourth-order valence-electron chi connectivity index (χ4n) is 2.84. The fraction of sp³-hybridized carbons (Fsp3) is 0.533. The predicted octanol–water partition coefficient (Wildman–Crippen LogP) is 2.81. The molecular formula is C15H20N4O. The molecular weight excluding hydrogens is 252 g/mol. The molecule has 2 aromatic heterocycles. The summed E-state index contributed by atoms with van der Waals surface area (Å²) in [6.07, 6.45) is 7.95. The van der Waals surface area contributed by atoms with Crippen molar-refractivity contribution in [3.8, 4) is 11.5 Å². The zero-order chi connectivity index (χ0) is 14.0. The lowest BCUT2D eigenvalue weighted by Gasteiger charge is -2.29. The van der Waals surface area contributed by atoms with Gasteiger partial charge in [0.25, 0.3) is 0 Å². The van der Waals surface area contributed by atoms with Gasteiger partial charge in [-0.05, 0) is 30.9 Å². The quantitative estimate of drug-likeness (QED) is 0.929. The van der Waals surface area contributed by atoms with Crippen LogP contribution in [-0.2, 0) is 12.0 Å². The number of nitrogens with two attached hydrogens (primary N) is 1. The molecule has 1 aliphatic carbocycles. The van der Waals surface area contributed by atoms with Crippen LogP contribution in [0.15, 0.2) is 22.9 Å². The number of rotatable bonds is 3. The molecule has 0 aliphatic heterocycles. The van der Waals surface area contributed by atoms with E-state index in [4.69, 9.17) is 10.3 Å². The Hall–Kier alpha value is -1.75. The van der Waals surface area contributed by atoms with Crippen molar-refractivity contribution in [2.75, 3.05) is 0 Å². The average Bonchev–Trinajstić information content (AvgIpc) is 2.98. The molecule has 5 heteroatoms. The summed E-state index contributed by atoms with van der Waals surface area (Å²) in [4.78, 5) is 8.89. The average molecular weight is 272 g/mol. The van der Waals surface area contributed by atoms with Gasteiger partial charge < -0.3 is 10.3 Å². The summed E-state index contributed by atoms with van der Waals surface area (Å²) in [6.45, 7) is 2.09. The molecule has 0 atom stereocenters. The van der Waals surface area contributed by atoms with Gasteiger partial charge in [0.15, 0.2) is 0 Å². The van der Waals surface area contributed by atoms with Crippen LogP contribution in [0.2, 0.25) is 0 Å². The Balaban J connectivity index is 1.94. The van der Waals surface area contributed by atoms with Crippen molar-refractivity contribution in [2.24, 2.45) is 5.73 Å². The van der Waals surface area contributed by atoms with Crippen LogP contribution >= 0.6 is 0 Å². The Kier molecular flexibility index (Phi) is 3.53. The van der Waals surface area contributed by atoms with E-state index in [1.807, 2.05) is 12.1 Å². The number of hydrogen-bond acceptors (Lipinski definition) is 5. The lowest BCUT2D eigenvalue weighted by Crippen LogP contribution is -2.38. The van der Waals surface area contributed by atoms with E-state index in [9.17, 15) is 0 Å². The van der Waals surface area contributed by atoms with Gasteiger partial charge in [-0.3, -0.25) is 4.98 Å². The molecule has 3 rings (SSSR count). The van der Waals surface area contributed by atoms with Crippen LogP contribution in [0.25, 0.3) is 11.5 Å². The first-order valence-corrected chi connectivity index (χ1v) is 7.30. The molecule has 2 N–H and O–H groups in total. The summed E-state index contributed by atoms with van der Waals surface area (Å²) in [7, 11) is 0. The molecule has 106 valence electrons. The summed E-state index contributed by atoms with van der Waals surface area (Å²) in [5.41, 5.74) is 7.89. The first-order valence-electron chi connectivity index (χ1n) is 7.30. The zero-order valence-corrected chi connectivity index (χ0v) is 11.8. The number of aromatic nitrogens is 3. The van der Waals surface area contributed by atoms with Crippen molar-refractivity contribution in [1.82, 2.24) is 15.1 Å². The van der Waals surface area contributed by atoms with Crippen LogP contribution in [0.4, 0.5) is 0 Å². The number of pyridine rings is 1. The van der Waals surface area contributed by atoms with Crippen LogP contribution in [0.5, 0.6) is 0 Å². The Bertz CT molecular complexity index is 587. The molecule has 1 aliphatic rings. The monoisotopic (exact) mass is 272 g/mol. The molecule has 0 bridgehead atoms. The minimum absolute atomic E-state index is 0.454. The molecule has 2 aromatic rings. The molecule has 0 unspecified atom stereocenters. The third-order valence-corrected chi connectivity index (χ3v) is 4.08. The largest absolute Gasteiger partial charge is 0.337 e. The van der Waals surface area contributed by atoms with E-state index in [0.29, 0.717) is 11.7 Å². The molecule has 1 saturated carbocycles. The van der Waals surface area contributed by atoms with E-state index in [1.54, 1.807) is 6.20 Å². The summed E-state index contributed by atoms with van der Waals surface area (Å²) >= 11 is 0. The van der Waals surface area contributed by atoms with Crippen molar-refractivity contribution in [3.05, 3.63) is 29.8 Å². The first kappa shape index (κ1) is 13.2. The van der Waals surface area contributed by atoms with E-state index in [0.717, 1.165) is 43.4 Å². The SMILES string of the molecule is CCc1cccnc1-c1noc(C2(N)CCCCC2)n1. The van der Waals surface area contributed by atoms with Crippen molar-refractivity contribution in [2.45, 2.75) is 51.0 Å². The third kappa shape index (κ3) is 2.33. The maximum atomic E-state index is 6.43. The van der Waals surface area contributed by atoms with Crippen LogP contribution in [-0.4, -0.2) is 15.1 Å². The lowest BCUT2D eigenvalue weighted by molar-refractivity contribution is 0.220. The standard InChI is InChI=1S/C15H20N4O/c1-2-11-7-6-10-17-12(11)13-18-14(20-19-13)15(16)8-4-3-5-9-15/h6-7,10H,2-5,8-9,16H2,1H3. The maximum absolute atomic E-state index is 6.43. The molecule has 20 heavy (non-hydrogen) atoms. The Morgan fingerprint density at radius 2 is 2.10 bits per heavy atom. The molecule has 0 saturated heterocycles. The summed E-state index contributed by atoms with van der Waals surface area (Å²) in [5.74, 6) is 1.10. The molecule has 1 fully saturated rings. The van der Waals surface area contributed by atoms with Crippen LogP contribution in [0.3, 0.4) is 0 Å². The van der Waals surface area contributed by atoms with E-state index in [1.165, 1.54) is 6.42 Å². The van der Waals surface area contributed by atoms with Crippen molar-refractivity contribution >= 4 is 0 Å². The smallest absolute Gasteiger partial charge is 0.247 e. The van der Waals surface area contributed by atoms with Gasteiger partial charge in [0.2, 0.25) is 11.7 Å². The minimum atomic E-state index is -0.454. The molecule has 0 amide bonds. The third-order valence-electron chi connectivity index (χ3n) is 4.08. The molecule has 0 spiro atoms. The normalized spacial score (nSPS) is 18.1. The number of aryl methyl sites for hydroxylation is 1. The van der Waals surface area contributed by atoms with Crippen LogP contribution in [0.1, 0.15) is 50.5 Å². The van der Waals surface area contributed by atoms with E-state index < -0.39 is 5.54 Å². The second-order valence-electron chi connectivity index (χ2n) is 5.50. The van der Waals surface area contributed by atoms with Gasteiger partial charge in [-0.25, -0.2) is 0 Å². The Labute approximate surface area is 118 Å². The molecule has 0 radical (unpaired) electrons. The molecule has 2 heterocycles. The minimum Gasteiger partial charge on any atom is -0.337 e. The number of hydrogen-bond donors (Lipinski definition) is 1. The number of nitrogens with zero attached hydrogens (tertiary/aromatic N) is 3. The summed E-state index contributed by atoms with van der Waals surface area (Å²) < 4.78 is 5.43. The fourth-order valence-corrected chi connectivity index (χ4v) is 2.84. The second kappa shape index (κ2) is 5.32. The predicted molar refractivity (Wildman–Crippen MR) is 75.9 cm³/mol. The van der Waals surface area contributed by atoms with Gasteiger partial charge in [0.05, 0.1) is 5.54 Å².